The van der Waals surface area contributed by atoms with Gasteiger partial charge in [-0.15, -0.1) is 0 Å². The van der Waals surface area contributed by atoms with Crippen LogP contribution < -0.4 is 16.2 Å². The van der Waals surface area contributed by atoms with Crippen LogP contribution in [0.15, 0.2) is 83.8 Å². The van der Waals surface area contributed by atoms with Crippen molar-refractivity contribution in [2.45, 2.75) is 20.0 Å². The van der Waals surface area contributed by atoms with E-state index in [1.54, 1.807) is 42.5 Å². The van der Waals surface area contributed by atoms with Crippen molar-refractivity contribution >= 4 is 28.5 Å². The fourth-order valence-electron chi connectivity index (χ4n) is 3.35. The van der Waals surface area contributed by atoms with Crippen LogP contribution >= 0.6 is 0 Å². The van der Waals surface area contributed by atoms with Crippen LogP contribution in [0.2, 0.25) is 0 Å². The molecule has 4 aromatic rings. The largest absolute Gasteiger partial charge is 0.350 e. The van der Waals surface area contributed by atoms with Crippen LogP contribution in [0, 0.1) is 6.92 Å². The second kappa shape index (κ2) is 9.26. The molecule has 160 valence electrons. The molecule has 0 aliphatic rings. The van der Waals surface area contributed by atoms with Crippen molar-refractivity contribution < 1.29 is 9.59 Å². The van der Waals surface area contributed by atoms with Crippen LogP contribution in [0.25, 0.3) is 11.0 Å². The average Bonchev–Trinajstić information content (AvgIpc) is 2.80. The Morgan fingerprint density at radius 2 is 1.75 bits per heavy atom. The first-order valence-electron chi connectivity index (χ1n) is 10.2. The maximum atomic E-state index is 12.5. The van der Waals surface area contributed by atoms with E-state index in [9.17, 15) is 14.4 Å². The van der Waals surface area contributed by atoms with Gasteiger partial charge in [-0.25, -0.2) is 4.98 Å². The summed E-state index contributed by atoms with van der Waals surface area (Å²) >= 11 is 0. The third kappa shape index (κ3) is 4.89. The molecule has 0 bridgehead atoms. The first-order valence-corrected chi connectivity index (χ1v) is 10.2. The highest BCUT2D eigenvalue weighted by Gasteiger charge is 2.10. The molecule has 1 heterocycles. The smallest absolute Gasteiger partial charge is 0.269 e. The Balaban J connectivity index is 1.40. The number of nitrogens with one attached hydrogen (secondary N) is 2. The van der Waals surface area contributed by atoms with E-state index in [0.717, 1.165) is 11.1 Å². The number of aromatic nitrogens is 2. The van der Waals surface area contributed by atoms with Gasteiger partial charge in [0.25, 0.3) is 11.5 Å². The summed E-state index contributed by atoms with van der Waals surface area (Å²) in [6.07, 6.45) is 1.22. The van der Waals surface area contributed by atoms with Crippen molar-refractivity contribution in [3.05, 3.63) is 106 Å². The molecule has 32 heavy (non-hydrogen) atoms. The zero-order valence-electron chi connectivity index (χ0n) is 17.5. The molecule has 0 aliphatic carbocycles. The van der Waals surface area contributed by atoms with Crippen LogP contribution in [-0.4, -0.2) is 21.4 Å². The minimum Gasteiger partial charge on any atom is -0.350 e. The van der Waals surface area contributed by atoms with Crippen molar-refractivity contribution in [2.75, 3.05) is 5.32 Å². The molecule has 1 aromatic heterocycles. The van der Waals surface area contributed by atoms with Crippen molar-refractivity contribution in [3.8, 4) is 0 Å². The number of nitrogens with zero attached hydrogens (tertiary/aromatic N) is 2. The summed E-state index contributed by atoms with van der Waals surface area (Å²) in [6.45, 7) is 2.13. The van der Waals surface area contributed by atoms with Crippen LogP contribution in [0.4, 0.5) is 5.69 Å². The predicted molar refractivity (Wildman–Crippen MR) is 123 cm³/mol. The summed E-state index contributed by atoms with van der Waals surface area (Å²) in [7, 11) is 0. The van der Waals surface area contributed by atoms with E-state index in [2.05, 4.69) is 15.6 Å². The summed E-state index contributed by atoms with van der Waals surface area (Å²) in [4.78, 5) is 41.2. The number of hydrogen-bond donors (Lipinski definition) is 2. The number of carbonyl (C=O) groups is 2. The zero-order chi connectivity index (χ0) is 22.5. The molecular formula is C25H22N4O3. The van der Waals surface area contributed by atoms with Gasteiger partial charge in [0.2, 0.25) is 5.91 Å². The Morgan fingerprint density at radius 1 is 0.969 bits per heavy atom. The number of fused-ring (bicyclic) bond motifs is 1. The highest BCUT2D eigenvalue weighted by Crippen LogP contribution is 2.13. The van der Waals surface area contributed by atoms with Crippen LogP contribution in [0.1, 0.15) is 21.5 Å². The van der Waals surface area contributed by atoms with Crippen LogP contribution in [0.5, 0.6) is 0 Å². The summed E-state index contributed by atoms with van der Waals surface area (Å²) in [5, 5.41) is 5.70. The summed E-state index contributed by atoms with van der Waals surface area (Å²) in [5.41, 5.74) is 4.05. The van der Waals surface area contributed by atoms with Gasteiger partial charge in [-0.2, -0.15) is 0 Å². The van der Waals surface area contributed by atoms with Crippen molar-refractivity contribution in [1.29, 1.82) is 0 Å². The lowest BCUT2D eigenvalue weighted by molar-refractivity contribution is -0.121. The molecule has 4 rings (SSSR count). The van der Waals surface area contributed by atoms with Crippen molar-refractivity contribution in [2.24, 2.45) is 0 Å². The van der Waals surface area contributed by atoms with Gasteiger partial charge in [-0.05, 0) is 48.9 Å². The summed E-state index contributed by atoms with van der Waals surface area (Å²) in [6, 6.07) is 21.8. The molecule has 0 saturated heterocycles. The van der Waals surface area contributed by atoms with E-state index in [1.165, 1.54) is 10.8 Å². The van der Waals surface area contributed by atoms with Gasteiger partial charge in [0, 0.05) is 17.8 Å². The molecule has 7 nitrogen and oxygen atoms in total. The number of carbonyl (C=O) groups excluding carboxylic acids is 2. The number of amides is 2. The molecule has 3 aromatic carbocycles. The maximum absolute atomic E-state index is 12.5. The summed E-state index contributed by atoms with van der Waals surface area (Å²) in [5.74, 6) is -0.493. The van der Waals surface area contributed by atoms with Gasteiger partial charge >= 0.3 is 0 Å². The number of para-hydroxylation sites is 2. The fourth-order valence-corrected chi connectivity index (χ4v) is 3.35. The van der Waals surface area contributed by atoms with Gasteiger partial charge in [0.1, 0.15) is 6.54 Å². The minimum atomic E-state index is -0.334. The minimum absolute atomic E-state index is 0.105. The molecule has 2 amide bonds. The highest BCUT2D eigenvalue weighted by atomic mass is 16.2. The van der Waals surface area contributed by atoms with Gasteiger partial charge in [0.05, 0.1) is 17.2 Å². The third-order valence-corrected chi connectivity index (χ3v) is 5.04. The Morgan fingerprint density at radius 3 is 2.56 bits per heavy atom. The number of benzene rings is 3. The molecule has 0 unspecified atom stereocenters. The SMILES string of the molecule is Cc1ccc(C(=O)Nc2cccc(CNC(=O)Cn3c(=O)cnc4ccccc43)c2)cc1. The quantitative estimate of drug-likeness (QED) is 0.495. The second-order valence-corrected chi connectivity index (χ2v) is 7.47. The Bertz CT molecular complexity index is 1340. The molecule has 0 aliphatic heterocycles. The number of rotatable bonds is 6. The standard InChI is InChI=1S/C25H22N4O3/c1-17-9-11-19(12-10-17)25(32)28-20-6-4-5-18(13-20)14-27-23(30)16-29-22-8-3-2-7-21(22)26-15-24(29)31/h2-13,15H,14,16H2,1H3,(H,27,30)(H,28,32). The second-order valence-electron chi connectivity index (χ2n) is 7.47. The van der Waals surface area contributed by atoms with Gasteiger partial charge in [0.15, 0.2) is 0 Å². The first kappa shape index (κ1) is 21.0. The topological polar surface area (TPSA) is 93.1 Å². The lowest BCUT2D eigenvalue weighted by atomic mass is 10.1. The number of hydrogen-bond acceptors (Lipinski definition) is 4. The molecule has 0 fully saturated rings. The molecule has 0 radical (unpaired) electrons. The number of anilines is 1. The Kier molecular flexibility index (Phi) is 6.07. The fraction of sp³-hybridized carbons (Fsp3) is 0.120. The normalized spacial score (nSPS) is 10.7. The van der Waals surface area contributed by atoms with Crippen molar-refractivity contribution in [3.63, 3.8) is 0 Å². The van der Waals surface area contributed by atoms with Crippen LogP contribution in [-0.2, 0) is 17.9 Å². The lowest BCUT2D eigenvalue weighted by Crippen LogP contribution is -2.32. The van der Waals surface area contributed by atoms with E-state index in [0.29, 0.717) is 22.3 Å². The maximum Gasteiger partial charge on any atom is 0.269 e. The average molecular weight is 426 g/mol. The monoisotopic (exact) mass is 426 g/mol. The zero-order valence-corrected chi connectivity index (χ0v) is 17.5. The number of aryl methyl sites for hydroxylation is 1. The first-order chi connectivity index (χ1) is 15.5. The summed E-state index contributed by atoms with van der Waals surface area (Å²) < 4.78 is 1.40. The van der Waals surface area contributed by atoms with Gasteiger partial charge in [-0.3, -0.25) is 19.0 Å². The Hall–Kier alpha value is -4.26. The van der Waals surface area contributed by atoms with Crippen molar-refractivity contribution in [1.82, 2.24) is 14.9 Å². The van der Waals surface area contributed by atoms with E-state index in [4.69, 9.17) is 0 Å². The molecular weight excluding hydrogens is 404 g/mol. The molecule has 0 spiro atoms. The highest BCUT2D eigenvalue weighted by molar-refractivity contribution is 6.04. The van der Waals surface area contributed by atoms with E-state index >= 15 is 0 Å². The lowest BCUT2D eigenvalue weighted by Gasteiger charge is -2.11. The van der Waals surface area contributed by atoms with Crippen LogP contribution in [0.3, 0.4) is 0 Å². The van der Waals surface area contributed by atoms with E-state index in [1.807, 2.05) is 37.3 Å². The third-order valence-electron chi connectivity index (χ3n) is 5.04. The van der Waals surface area contributed by atoms with Gasteiger partial charge < -0.3 is 10.6 Å². The van der Waals surface area contributed by atoms with Gasteiger partial charge in [-0.1, -0.05) is 42.0 Å². The van der Waals surface area contributed by atoms with E-state index < -0.39 is 0 Å². The molecule has 0 saturated carbocycles. The molecule has 0 atom stereocenters. The Labute approximate surface area is 184 Å². The molecule has 7 heteroatoms. The predicted octanol–water partition coefficient (Wildman–Crippen LogP) is 3.27. The molecule has 2 N–H and O–H groups in total. The van der Waals surface area contributed by atoms with E-state index in [-0.39, 0.29) is 30.5 Å².